The Morgan fingerprint density at radius 2 is 2.05 bits per heavy atom. The number of benzene rings is 1. The van der Waals surface area contributed by atoms with Crippen molar-refractivity contribution < 1.29 is 24.2 Å². The first-order valence-corrected chi connectivity index (χ1v) is 6.35. The molecule has 0 heterocycles. The van der Waals surface area contributed by atoms with Crippen LogP contribution in [-0.2, 0) is 4.74 Å². The molecule has 0 radical (unpaired) electrons. The van der Waals surface area contributed by atoms with Crippen LogP contribution in [0.15, 0.2) is 23.4 Å². The van der Waals surface area contributed by atoms with Gasteiger partial charge in [0.25, 0.3) is 0 Å². The van der Waals surface area contributed by atoms with Crippen LogP contribution in [0, 0.1) is 5.82 Å². The van der Waals surface area contributed by atoms with Crippen molar-refractivity contribution in [3.05, 3.63) is 29.6 Å². The summed E-state index contributed by atoms with van der Waals surface area (Å²) in [5, 5.41) is 21.5. The van der Waals surface area contributed by atoms with Gasteiger partial charge in [-0.05, 0) is 39.0 Å². The van der Waals surface area contributed by atoms with E-state index < -0.39 is 11.9 Å². The number of aliphatic hydroxyl groups is 1. The molecule has 112 valence electrons. The van der Waals surface area contributed by atoms with Gasteiger partial charge in [-0.15, -0.1) is 0 Å². The SMILES string of the molecule is C/C(=N\O)c1cc(F)ccc1OCC(O)COC(C)C. The van der Waals surface area contributed by atoms with Crippen LogP contribution >= 0.6 is 0 Å². The Labute approximate surface area is 117 Å². The zero-order chi connectivity index (χ0) is 15.1. The van der Waals surface area contributed by atoms with E-state index >= 15 is 0 Å². The number of rotatable bonds is 7. The molecule has 5 nitrogen and oxygen atoms in total. The number of nitrogens with zero attached hydrogens (tertiary/aromatic N) is 1. The lowest BCUT2D eigenvalue weighted by atomic mass is 10.1. The minimum absolute atomic E-state index is 0.00403. The van der Waals surface area contributed by atoms with Gasteiger partial charge in [-0.2, -0.15) is 0 Å². The lowest BCUT2D eigenvalue weighted by Crippen LogP contribution is -2.25. The average Bonchev–Trinajstić information content (AvgIpc) is 2.42. The maximum atomic E-state index is 13.2. The molecule has 1 aromatic rings. The fourth-order valence-corrected chi connectivity index (χ4v) is 1.50. The molecule has 0 bridgehead atoms. The van der Waals surface area contributed by atoms with E-state index in [-0.39, 0.29) is 25.0 Å². The summed E-state index contributed by atoms with van der Waals surface area (Å²) >= 11 is 0. The van der Waals surface area contributed by atoms with Gasteiger partial charge >= 0.3 is 0 Å². The highest BCUT2D eigenvalue weighted by Crippen LogP contribution is 2.21. The average molecular weight is 285 g/mol. The van der Waals surface area contributed by atoms with Gasteiger partial charge < -0.3 is 19.8 Å². The van der Waals surface area contributed by atoms with Crippen molar-refractivity contribution in [2.45, 2.75) is 33.0 Å². The van der Waals surface area contributed by atoms with E-state index in [4.69, 9.17) is 14.7 Å². The fraction of sp³-hybridized carbons (Fsp3) is 0.500. The number of hydrogen-bond donors (Lipinski definition) is 2. The first kappa shape index (κ1) is 16.4. The molecule has 0 saturated carbocycles. The summed E-state index contributed by atoms with van der Waals surface area (Å²) in [6.07, 6.45) is -0.767. The fourth-order valence-electron chi connectivity index (χ4n) is 1.50. The standard InChI is InChI=1S/C14H20FNO4/c1-9(2)19-7-12(17)8-20-14-5-4-11(15)6-13(14)10(3)16-18/h4-6,9,12,17-18H,7-8H2,1-3H3/b16-10+. The zero-order valence-electron chi connectivity index (χ0n) is 11.8. The van der Waals surface area contributed by atoms with Gasteiger partial charge in [0.05, 0.1) is 18.4 Å². The molecule has 0 aromatic heterocycles. The Balaban J connectivity index is 2.68. The van der Waals surface area contributed by atoms with Crippen molar-refractivity contribution in [1.29, 1.82) is 0 Å². The molecule has 0 aliphatic heterocycles. The molecule has 0 saturated heterocycles. The molecule has 1 unspecified atom stereocenters. The molecule has 20 heavy (non-hydrogen) atoms. The van der Waals surface area contributed by atoms with Gasteiger partial charge in [-0.1, -0.05) is 5.16 Å². The van der Waals surface area contributed by atoms with Crippen molar-refractivity contribution in [3.8, 4) is 5.75 Å². The molecule has 2 N–H and O–H groups in total. The summed E-state index contributed by atoms with van der Waals surface area (Å²) in [4.78, 5) is 0. The summed E-state index contributed by atoms with van der Waals surface area (Å²) in [5.41, 5.74) is 0.567. The van der Waals surface area contributed by atoms with Crippen LogP contribution in [0.2, 0.25) is 0 Å². The topological polar surface area (TPSA) is 71.3 Å². The number of ether oxygens (including phenoxy) is 2. The summed E-state index contributed by atoms with van der Waals surface area (Å²) in [7, 11) is 0. The van der Waals surface area contributed by atoms with Crippen molar-refractivity contribution in [1.82, 2.24) is 0 Å². The van der Waals surface area contributed by atoms with Crippen molar-refractivity contribution in [3.63, 3.8) is 0 Å². The molecule has 1 aromatic carbocycles. The Kier molecular flexibility index (Phi) is 6.41. The highest BCUT2D eigenvalue weighted by molar-refractivity contribution is 6.00. The molecule has 0 fully saturated rings. The minimum Gasteiger partial charge on any atom is -0.490 e. The third kappa shape index (κ3) is 5.14. The Morgan fingerprint density at radius 1 is 1.35 bits per heavy atom. The predicted molar refractivity (Wildman–Crippen MR) is 73.0 cm³/mol. The second kappa shape index (κ2) is 7.81. The van der Waals surface area contributed by atoms with Crippen molar-refractivity contribution in [2.24, 2.45) is 5.16 Å². The number of halogens is 1. The smallest absolute Gasteiger partial charge is 0.128 e. The molecular formula is C14H20FNO4. The monoisotopic (exact) mass is 285 g/mol. The Hall–Kier alpha value is -1.66. The van der Waals surface area contributed by atoms with Crippen molar-refractivity contribution in [2.75, 3.05) is 13.2 Å². The number of aliphatic hydroxyl groups excluding tert-OH is 1. The molecule has 6 heteroatoms. The van der Waals surface area contributed by atoms with E-state index in [0.717, 1.165) is 0 Å². The van der Waals surface area contributed by atoms with Gasteiger partial charge in [-0.3, -0.25) is 0 Å². The first-order chi connectivity index (χ1) is 9.43. The van der Waals surface area contributed by atoms with Crippen LogP contribution in [0.25, 0.3) is 0 Å². The van der Waals surface area contributed by atoms with Gasteiger partial charge in [0.1, 0.15) is 24.3 Å². The maximum Gasteiger partial charge on any atom is 0.128 e. The molecule has 0 amide bonds. The molecule has 0 aliphatic carbocycles. The number of oxime groups is 1. The molecule has 1 atom stereocenters. The van der Waals surface area contributed by atoms with Crippen molar-refractivity contribution >= 4 is 5.71 Å². The highest BCUT2D eigenvalue weighted by atomic mass is 19.1. The third-order valence-corrected chi connectivity index (χ3v) is 2.53. The van der Waals surface area contributed by atoms with Gasteiger partial charge in [0, 0.05) is 5.56 Å². The predicted octanol–water partition coefficient (Wildman–Crippen LogP) is 2.19. The molecule has 0 aliphatic rings. The lowest BCUT2D eigenvalue weighted by Gasteiger charge is -2.16. The highest BCUT2D eigenvalue weighted by Gasteiger charge is 2.12. The van der Waals surface area contributed by atoms with Gasteiger partial charge in [-0.25, -0.2) is 4.39 Å². The van der Waals surface area contributed by atoms with E-state index in [1.807, 2.05) is 13.8 Å². The number of hydrogen-bond acceptors (Lipinski definition) is 5. The summed E-state index contributed by atoms with van der Waals surface area (Å²) in [6, 6.07) is 3.87. The van der Waals surface area contributed by atoms with Gasteiger partial charge in [0.15, 0.2) is 0 Å². The van der Waals surface area contributed by atoms with Crippen LogP contribution in [-0.4, -0.2) is 41.4 Å². The van der Waals surface area contributed by atoms with E-state index in [1.54, 1.807) is 0 Å². The second-order valence-corrected chi connectivity index (χ2v) is 4.67. The van der Waals surface area contributed by atoms with Crippen LogP contribution in [0.4, 0.5) is 4.39 Å². The van der Waals surface area contributed by atoms with E-state index in [9.17, 15) is 9.50 Å². The molecule has 0 spiro atoms. The van der Waals surface area contributed by atoms with E-state index in [0.29, 0.717) is 11.3 Å². The maximum absolute atomic E-state index is 13.2. The summed E-state index contributed by atoms with van der Waals surface area (Å²) < 4.78 is 23.9. The zero-order valence-corrected chi connectivity index (χ0v) is 11.8. The van der Waals surface area contributed by atoms with Crippen LogP contribution < -0.4 is 4.74 Å². The second-order valence-electron chi connectivity index (χ2n) is 4.67. The van der Waals surface area contributed by atoms with E-state index in [2.05, 4.69) is 5.16 Å². The Bertz CT molecular complexity index is 462. The van der Waals surface area contributed by atoms with Crippen LogP contribution in [0.5, 0.6) is 5.75 Å². The van der Waals surface area contributed by atoms with E-state index in [1.165, 1.54) is 25.1 Å². The van der Waals surface area contributed by atoms with Crippen LogP contribution in [0.1, 0.15) is 26.3 Å². The third-order valence-electron chi connectivity index (χ3n) is 2.53. The largest absolute Gasteiger partial charge is 0.490 e. The molecule has 1 rings (SSSR count). The summed E-state index contributed by atoms with van der Waals surface area (Å²) in [6.45, 7) is 5.42. The summed E-state index contributed by atoms with van der Waals surface area (Å²) in [5.74, 6) is -0.121. The van der Waals surface area contributed by atoms with Crippen LogP contribution in [0.3, 0.4) is 0 Å². The van der Waals surface area contributed by atoms with Gasteiger partial charge in [0.2, 0.25) is 0 Å². The quantitative estimate of drug-likeness (QED) is 0.457. The first-order valence-electron chi connectivity index (χ1n) is 6.35. The Morgan fingerprint density at radius 3 is 2.65 bits per heavy atom. The molecular weight excluding hydrogens is 265 g/mol. The minimum atomic E-state index is -0.790. The lowest BCUT2D eigenvalue weighted by molar-refractivity contribution is -0.0123. The normalized spacial score (nSPS) is 13.6.